The van der Waals surface area contributed by atoms with Gasteiger partial charge in [-0.3, -0.25) is 14.4 Å². The number of hydrogen-bond donors (Lipinski definition) is 2. The van der Waals surface area contributed by atoms with Crippen molar-refractivity contribution >= 4 is 17.5 Å². The summed E-state index contributed by atoms with van der Waals surface area (Å²) in [5, 5.41) is 21.4. The SMILES string of the molecule is COC(=O)C[C@]1(C)[C@@H]2C[C@H]3[C@@H]4CCC5=CC(=O)C=C[C@]5(C)[C@@]4(F)[C@@H](O)C[C@]3(C)[C@]21C(=O)CO. The van der Waals surface area contributed by atoms with Gasteiger partial charge >= 0.3 is 5.97 Å². The van der Waals surface area contributed by atoms with Gasteiger partial charge in [0.1, 0.15) is 6.61 Å². The summed E-state index contributed by atoms with van der Waals surface area (Å²) in [7, 11) is 1.31. The van der Waals surface area contributed by atoms with E-state index in [1.54, 1.807) is 13.0 Å². The Morgan fingerprint density at radius 3 is 2.58 bits per heavy atom. The number of ether oxygens (including phenoxy) is 1. The zero-order valence-corrected chi connectivity index (χ0v) is 19.7. The van der Waals surface area contributed by atoms with E-state index in [-0.39, 0.29) is 36.2 Å². The summed E-state index contributed by atoms with van der Waals surface area (Å²) in [5.74, 6) is -1.75. The van der Waals surface area contributed by atoms with Gasteiger partial charge in [-0.15, -0.1) is 0 Å². The Labute approximate surface area is 193 Å². The number of rotatable bonds is 4. The van der Waals surface area contributed by atoms with E-state index in [1.807, 2.05) is 13.8 Å². The average Bonchev–Trinajstić information content (AvgIpc) is 3.16. The van der Waals surface area contributed by atoms with Crippen molar-refractivity contribution in [3.05, 3.63) is 23.8 Å². The van der Waals surface area contributed by atoms with E-state index in [4.69, 9.17) is 4.74 Å². The standard InChI is InChI=1S/C26H33FO6/c1-22-8-7-15(29)9-14(22)5-6-16-17-10-18-24(3,12-21(32)33-4)25(18,20(31)13-28)23(17,2)11-19(30)26(16,22)27/h7-9,16-19,28,30H,5-6,10-13H2,1-4H3/t16-,17-,18-,19-,22-,23-,24+,25+,26-/m0/s1. The fourth-order valence-corrected chi connectivity index (χ4v) is 9.56. The Hall–Kier alpha value is -1.86. The average molecular weight is 461 g/mol. The van der Waals surface area contributed by atoms with Crippen LogP contribution in [0.15, 0.2) is 23.8 Å². The Balaban J connectivity index is 1.60. The number of carbonyl (C=O) groups excluding carboxylic acids is 3. The van der Waals surface area contributed by atoms with Gasteiger partial charge in [0.25, 0.3) is 0 Å². The number of carbonyl (C=O) groups is 3. The largest absolute Gasteiger partial charge is 0.469 e. The quantitative estimate of drug-likeness (QED) is 0.626. The molecule has 5 aliphatic rings. The Morgan fingerprint density at radius 1 is 1.24 bits per heavy atom. The monoisotopic (exact) mass is 460 g/mol. The number of ketones is 2. The first kappa shape index (κ1) is 22.9. The summed E-state index contributed by atoms with van der Waals surface area (Å²) in [4.78, 5) is 37.6. The maximum Gasteiger partial charge on any atom is 0.306 e. The highest BCUT2D eigenvalue weighted by atomic mass is 19.1. The highest BCUT2D eigenvalue weighted by Crippen LogP contribution is 2.89. The summed E-state index contributed by atoms with van der Waals surface area (Å²) in [6.45, 7) is 4.97. The van der Waals surface area contributed by atoms with Crippen molar-refractivity contribution in [1.29, 1.82) is 0 Å². The highest BCUT2D eigenvalue weighted by molar-refractivity contribution is 6.01. The van der Waals surface area contributed by atoms with Crippen LogP contribution in [0.5, 0.6) is 0 Å². The molecule has 0 radical (unpaired) electrons. The molecule has 4 saturated carbocycles. The predicted octanol–water partition coefficient (Wildman–Crippen LogP) is 2.71. The molecule has 0 amide bonds. The maximum atomic E-state index is 17.2. The molecule has 33 heavy (non-hydrogen) atoms. The topological polar surface area (TPSA) is 101 Å². The fraction of sp³-hybridized carbons (Fsp3) is 0.731. The molecule has 5 rings (SSSR count). The Morgan fingerprint density at radius 2 is 1.94 bits per heavy atom. The number of halogens is 1. The van der Waals surface area contributed by atoms with Crippen molar-refractivity contribution in [3.8, 4) is 0 Å². The van der Waals surface area contributed by atoms with Crippen LogP contribution in [-0.2, 0) is 19.1 Å². The molecular formula is C26H33FO6. The van der Waals surface area contributed by atoms with E-state index in [1.165, 1.54) is 19.3 Å². The van der Waals surface area contributed by atoms with Crippen molar-refractivity contribution < 1.29 is 33.7 Å². The molecule has 0 unspecified atom stereocenters. The van der Waals surface area contributed by atoms with Gasteiger partial charge in [0.05, 0.1) is 19.6 Å². The minimum absolute atomic E-state index is 0.0548. The van der Waals surface area contributed by atoms with Gasteiger partial charge < -0.3 is 14.9 Å². The number of fused-ring (bicyclic) bond motifs is 7. The Kier molecular flexibility index (Phi) is 4.60. The number of methoxy groups -OCH3 is 1. The number of aliphatic hydroxyl groups is 2. The molecule has 180 valence electrons. The third-order valence-electron chi connectivity index (χ3n) is 10.9. The molecule has 0 aromatic heterocycles. The lowest BCUT2D eigenvalue weighted by atomic mass is 9.43. The first-order chi connectivity index (χ1) is 15.4. The molecule has 6 nitrogen and oxygen atoms in total. The van der Waals surface area contributed by atoms with E-state index in [2.05, 4.69) is 0 Å². The molecule has 4 fully saturated rings. The minimum atomic E-state index is -1.96. The van der Waals surface area contributed by atoms with Crippen LogP contribution < -0.4 is 0 Å². The predicted molar refractivity (Wildman–Crippen MR) is 116 cm³/mol. The number of aliphatic hydroxyl groups excluding tert-OH is 2. The molecule has 0 aromatic rings. The normalized spacial score (nSPS) is 51.6. The van der Waals surface area contributed by atoms with Crippen molar-refractivity contribution in [2.24, 2.45) is 39.4 Å². The van der Waals surface area contributed by atoms with Gasteiger partial charge in [-0.25, -0.2) is 4.39 Å². The van der Waals surface area contributed by atoms with Crippen LogP contribution >= 0.6 is 0 Å². The number of Topliss-reactive ketones (excluding diaryl/α,β-unsaturated/α-hetero) is 1. The number of allylic oxidation sites excluding steroid dienone is 4. The van der Waals surface area contributed by atoms with Gasteiger partial charge in [0.15, 0.2) is 17.2 Å². The van der Waals surface area contributed by atoms with Crippen LogP contribution in [0.2, 0.25) is 0 Å². The van der Waals surface area contributed by atoms with Crippen LogP contribution in [-0.4, -0.2) is 53.2 Å². The van der Waals surface area contributed by atoms with Gasteiger partial charge in [-0.05, 0) is 67.4 Å². The zero-order chi connectivity index (χ0) is 24.2. The lowest BCUT2D eigenvalue weighted by Crippen LogP contribution is -2.68. The number of esters is 1. The maximum absolute atomic E-state index is 17.2. The molecule has 0 bridgehead atoms. The molecule has 7 heteroatoms. The first-order valence-corrected chi connectivity index (χ1v) is 11.9. The van der Waals surface area contributed by atoms with Crippen molar-refractivity contribution in [2.45, 2.75) is 64.6 Å². The van der Waals surface area contributed by atoms with Crippen molar-refractivity contribution in [1.82, 2.24) is 0 Å². The van der Waals surface area contributed by atoms with Crippen molar-refractivity contribution in [2.75, 3.05) is 13.7 Å². The summed E-state index contributed by atoms with van der Waals surface area (Å²) < 4.78 is 22.1. The fourth-order valence-electron chi connectivity index (χ4n) is 9.56. The zero-order valence-electron chi connectivity index (χ0n) is 19.7. The number of hydrogen-bond acceptors (Lipinski definition) is 6. The molecule has 0 aromatic carbocycles. The molecule has 0 aliphatic heterocycles. The first-order valence-electron chi connectivity index (χ1n) is 11.9. The molecular weight excluding hydrogens is 427 g/mol. The van der Waals surface area contributed by atoms with Gasteiger partial charge in [-0.2, -0.15) is 0 Å². The summed E-state index contributed by atoms with van der Waals surface area (Å²) in [6.07, 6.45) is 4.91. The summed E-state index contributed by atoms with van der Waals surface area (Å²) >= 11 is 0. The number of alkyl halides is 1. The van der Waals surface area contributed by atoms with Crippen LogP contribution in [0.3, 0.4) is 0 Å². The summed E-state index contributed by atoms with van der Waals surface area (Å²) in [5.41, 5.74) is -4.77. The van der Waals surface area contributed by atoms with E-state index in [9.17, 15) is 24.6 Å². The molecule has 9 atom stereocenters. The van der Waals surface area contributed by atoms with Crippen LogP contribution in [0.1, 0.15) is 52.9 Å². The second kappa shape index (κ2) is 6.63. The third-order valence-corrected chi connectivity index (χ3v) is 10.9. The molecule has 0 spiro atoms. The molecule has 0 saturated heterocycles. The van der Waals surface area contributed by atoms with E-state index in [0.29, 0.717) is 19.3 Å². The van der Waals surface area contributed by atoms with Gasteiger partial charge in [0, 0.05) is 16.7 Å². The van der Waals surface area contributed by atoms with Crippen LogP contribution in [0.25, 0.3) is 0 Å². The van der Waals surface area contributed by atoms with E-state index < -0.39 is 51.9 Å². The molecule has 5 aliphatic carbocycles. The van der Waals surface area contributed by atoms with E-state index >= 15 is 4.39 Å². The third kappa shape index (κ3) is 2.29. The minimum Gasteiger partial charge on any atom is -0.469 e. The molecule has 2 N–H and O–H groups in total. The van der Waals surface area contributed by atoms with Gasteiger partial charge in [0.2, 0.25) is 0 Å². The Bertz CT molecular complexity index is 1020. The van der Waals surface area contributed by atoms with Crippen LogP contribution in [0.4, 0.5) is 4.39 Å². The molecule has 0 heterocycles. The summed E-state index contributed by atoms with van der Waals surface area (Å²) in [6, 6.07) is 0. The van der Waals surface area contributed by atoms with Crippen molar-refractivity contribution in [3.63, 3.8) is 0 Å². The smallest absolute Gasteiger partial charge is 0.306 e. The lowest BCUT2D eigenvalue weighted by molar-refractivity contribution is -0.207. The highest BCUT2D eigenvalue weighted by Gasteiger charge is 2.90. The lowest BCUT2D eigenvalue weighted by Gasteiger charge is -2.63. The second-order valence-corrected chi connectivity index (χ2v) is 11.6. The van der Waals surface area contributed by atoms with E-state index in [0.717, 1.165) is 5.57 Å². The second-order valence-electron chi connectivity index (χ2n) is 11.6. The van der Waals surface area contributed by atoms with Gasteiger partial charge in [-0.1, -0.05) is 25.5 Å². The van der Waals surface area contributed by atoms with Crippen LogP contribution in [0, 0.1) is 39.4 Å².